The van der Waals surface area contributed by atoms with Gasteiger partial charge in [0.15, 0.2) is 0 Å². The Bertz CT molecular complexity index is 1260. The summed E-state index contributed by atoms with van der Waals surface area (Å²) in [4.78, 5) is 54.1. The molecule has 0 aliphatic carbocycles. The number of rotatable bonds is 4. The number of nitrogens with zero attached hydrogens (tertiary/aromatic N) is 4. The molecule has 2 aromatic rings. The van der Waals surface area contributed by atoms with Crippen molar-refractivity contribution in [2.45, 2.75) is 70.2 Å². The number of carbonyl (C=O) groups excluding carboxylic acids is 3. The van der Waals surface area contributed by atoms with Gasteiger partial charge in [0.1, 0.15) is 11.6 Å². The number of ether oxygens (including phenoxy) is 1. The minimum absolute atomic E-state index is 0.192. The van der Waals surface area contributed by atoms with Crippen LogP contribution < -0.4 is 15.9 Å². The lowest BCUT2D eigenvalue weighted by atomic mass is 9.90. The number of imide groups is 1. The van der Waals surface area contributed by atoms with Gasteiger partial charge in [-0.15, -0.1) is 0 Å². The first kappa shape index (κ1) is 23.6. The van der Waals surface area contributed by atoms with E-state index in [4.69, 9.17) is 4.74 Å². The molecule has 4 fully saturated rings. The highest BCUT2D eigenvalue weighted by atomic mass is 16.6. The highest BCUT2D eigenvalue weighted by Crippen LogP contribution is 2.34. The number of nitrogens with one attached hydrogen (secondary N) is 1. The fraction of sp³-hybridized carbons (Fsp3) is 0.600. The molecule has 188 valence electrons. The molecular formula is C25H33N5O5. The zero-order valence-electron chi connectivity index (χ0n) is 20.7. The van der Waals surface area contributed by atoms with Crippen molar-refractivity contribution in [1.82, 2.24) is 19.4 Å². The van der Waals surface area contributed by atoms with Crippen molar-refractivity contribution in [1.29, 1.82) is 0 Å². The second-order valence-electron chi connectivity index (χ2n) is 10.9. The van der Waals surface area contributed by atoms with Crippen molar-refractivity contribution in [3.05, 3.63) is 28.7 Å². The van der Waals surface area contributed by atoms with Gasteiger partial charge in [-0.3, -0.25) is 33.7 Å². The number of aryl methyl sites for hydroxylation is 1. The molecule has 4 aliphatic rings. The highest BCUT2D eigenvalue weighted by Gasteiger charge is 2.40. The van der Waals surface area contributed by atoms with E-state index >= 15 is 0 Å². The molecule has 0 radical (unpaired) electrons. The van der Waals surface area contributed by atoms with E-state index in [-0.39, 0.29) is 36.1 Å². The molecule has 0 saturated carbocycles. The summed E-state index contributed by atoms with van der Waals surface area (Å²) >= 11 is 0. The normalized spacial score (nSPS) is 25.3. The monoisotopic (exact) mass is 483 g/mol. The molecule has 5 heterocycles. The lowest BCUT2D eigenvalue weighted by Crippen LogP contribution is -2.63. The molecule has 3 atom stereocenters. The van der Waals surface area contributed by atoms with E-state index in [1.165, 1.54) is 4.57 Å². The number of aromatic nitrogens is 2. The lowest BCUT2D eigenvalue weighted by Gasteiger charge is -2.52. The Morgan fingerprint density at radius 3 is 2.46 bits per heavy atom. The van der Waals surface area contributed by atoms with E-state index in [2.05, 4.69) is 15.1 Å². The Labute approximate surface area is 203 Å². The number of hydrogen-bond acceptors (Lipinski definition) is 7. The predicted molar refractivity (Wildman–Crippen MR) is 130 cm³/mol. The van der Waals surface area contributed by atoms with Gasteiger partial charge in [-0.25, -0.2) is 4.79 Å². The summed E-state index contributed by atoms with van der Waals surface area (Å²) in [6.07, 6.45) is 2.61. The van der Waals surface area contributed by atoms with E-state index in [0.29, 0.717) is 18.5 Å². The molecule has 2 amide bonds. The fourth-order valence-corrected chi connectivity index (χ4v) is 5.73. The van der Waals surface area contributed by atoms with Crippen molar-refractivity contribution in [2.24, 2.45) is 7.05 Å². The summed E-state index contributed by atoms with van der Waals surface area (Å²) in [6.45, 7) is 7.54. The summed E-state index contributed by atoms with van der Waals surface area (Å²) in [7, 11) is 1.71. The lowest BCUT2D eigenvalue weighted by molar-refractivity contribution is -0.157. The summed E-state index contributed by atoms with van der Waals surface area (Å²) in [5.41, 5.74) is 1.71. The van der Waals surface area contributed by atoms with E-state index in [1.807, 2.05) is 39.0 Å². The molecule has 4 saturated heterocycles. The van der Waals surface area contributed by atoms with Crippen LogP contribution >= 0.6 is 0 Å². The third-order valence-electron chi connectivity index (χ3n) is 7.32. The first-order valence-electron chi connectivity index (χ1n) is 12.3. The maximum atomic E-state index is 13.1. The molecule has 10 nitrogen and oxygen atoms in total. The number of anilines is 1. The summed E-state index contributed by atoms with van der Waals surface area (Å²) in [5, 5.41) is 2.35. The Morgan fingerprint density at radius 1 is 1.06 bits per heavy atom. The van der Waals surface area contributed by atoms with Crippen molar-refractivity contribution in [2.75, 3.05) is 24.5 Å². The SMILES string of the molecule is Cn1c(=O)n(C2CCC(=O)NC2=O)c2ccc(N3CC4CCC3CN4CC(=O)OC(C)(C)C)cc21. The van der Waals surface area contributed by atoms with Gasteiger partial charge in [-0.1, -0.05) is 0 Å². The third kappa shape index (κ3) is 4.35. The molecule has 6 rings (SSSR count). The van der Waals surface area contributed by atoms with Gasteiger partial charge in [0.05, 0.1) is 17.6 Å². The van der Waals surface area contributed by atoms with Crippen LogP contribution in [-0.4, -0.2) is 69.1 Å². The first-order valence-corrected chi connectivity index (χ1v) is 12.3. The standard InChI is InChI=1S/C25H33N5O5/c1-25(2,3)35-22(32)14-28-12-17-6-5-16(28)13-29(17)15-7-8-18-20(11-15)27(4)24(34)30(18)19-9-10-21(31)26-23(19)33/h7-8,11,16-17,19H,5-6,9-10,12-14H2,1-4H3,(H,26,31,33). The number of imidazole rings is 1. The molecule has 2 bridgehead atoms. The molecule has 3 unspecified atom stereocenters. The van der Waals surface area contributed by atoms with Crippen LogP contribution in [0.2, 0.25) is 0 Å². The van der Waals surface area contributed by atoms with Crippen LogP contribution in [0, 0.1) is 0 Å². The van der Waals surface area contributed by atoms with E-state index in [0.717, 1.165) is 37.1 Å². The Hall–Kier alpha value is -3.14. The number of amides is 2. The molecule has 1 aromatic heterocycles. The number of carbonyl (C=O) groups is 3. The van der Waals surface area contributed by atoms with E-state index < -0.39 is 17.6 Å². The minimum atomic E-state index is -0.692. The van der Waals surface area contributed by atoms with E-state index in [9.17, 15) is 19.2 Å². The molecule has 1 N–H and O–H groups in total. The first-order chi connectivity index (χ1) is 16.5. The maximum Gasteiger partial charge on any atom is 0.329 e. The number of fused-ring (bicyclic) bond motifs is 4. The van der Waals surface area contributed by atoms with Crippen LogP contribution in [0.1, 0.15) is 52.5 Å². The molecule has 0 spiro atoms. The van der Waals surface area contributed by atoms with Crippen molar-refractivity contribution < 1.29 is 19.1 Å². The number of piperidine rings is 3. The summed E-state index contributed by atoms with van der Waals surface area (Å²) in [5.74, 6) is -0.927. The minimum Gasteiger partial charge on any atom is -0.459 e. The van der Waals surface area contributed by atoms with Crippen molar-refractivity contribution >= 4 is 34.5 Å². The Balaban J connectivity index is 1.38. The third-order valence-corrected chi connectivity index (χ3v) is 7.32. The summed E-state index contributed by atoms with van der Waals surface area (Å²) < 4.78 is 8.60. The van der Waals surface area contributed by atoms with Gasteiger partial charge in [-0.2, -0.15) is 0 Å². The summed E-state index contributed by atoms with van der Waals surface area (Å²) in [6, 6.07) is 5.76. The van der Waals surface area contributed by atoms with Gasteiger partial charge in [0.2, 0.25) is 11.8 Å². The number of benzene rings is 1. The predicted octanol–water partition coefficient (Wildman–Crippen LogP) is 1.31. The Morgan fingerprint density at radius 2 is 1.80 bits per heavy atom. The largest absolute Gasteiger partial charge is 0.459 e. The van der Waals surface area contributed by atoms with Crippen LogP contribution in [0.25, 0.3) is 11.0 Å². The second-order valence-corrected chi connectivity index (χ2v) is 10.9. The Kier molecular flexibility index (Phi) is 5.74. The zero-order valence-corrected chi connectivity index (χ0v) is 20.7. The van der Waals surface area contributed by atoms with E-state index in [1.54, 1.807) is 11.6 Å². The van der Waals surface area contributed by atoms with Gasteiger partial charge in [-0.05, 0) is 58.2 Å². The number of hydrogen-bond donors (Lipinski definition) is 1. The second kappa shape index (κ2) is 8.51. The molecule has 1 aromatic carbocycles. The molecule has 35 heavy (non-hydrogen) atoms. The van der Waals surface area contributed by atoms with Gasteiger partial charge in [0, 0.05) is 44.3 Å². The quantitative estimate of drug-likeness (QED) is 0.516. The van der Waals surface area contributed by atoms with Gasteiger partial charge in [0.25, 0.3) is 0 Å². The average molecular weight is 484 g/mol. The molecule has 4 aliphatic heterocycles. The van der Waals surface area contributed by atoms with Crippen LogP contribution in [0.15, 0.2) is 23.0 Å². The highest BCUT2D eigenvalue weighted by molar-refractivity contribution is 6.00. The van der Waals surface area contributed by atoms with Crippen LogP contribution in [0.3, 0.4) is 0 Å². The number of esters is 1. The zero-order chi connectivity index (χ0) is 25.1. The topological polar surface area (TPSA) is 106 Å². The van der Waals surface area contributed by atoms with Crippen LogP contribution in [-0.2, 0) is 26.2 Å². The van der Waals surface area contributed by atoms with Crippen molar-refractivity contribution in [3.8, 4) is 0 Å². The smallest absolute Gasteiger partial charge is 0.329 e. The molecular weight excluding hydrogens is 450 g/mol. The number of piperazine rings is 1. The molecule has 10 heteroatoms. The van der Waals surface area contributed by atoms with Crippen LogP contribution in [0.4, 0.5) is 5.69 Å². The van der Waals surface area contributed by atoms with Crippen molar-refractivity contribution in [3.63, 3.8) is 0 Å². The maximum absolute atomic E-state index is 13.1. The van der Waals surface area contributed by atoms with Gasteiger partial charge < -0.3 is 9.64 Å². The van der Waals surface area contributed by atoms with Crippen LogP contribution in [0.5, 0.6) is 0 Å². The fourth-order valence-electron chi connectivity index (χ4n) is 5.73. The van der Waals surface area contributed by atoms with Gasteiger partial charge >= 0.3 is 11.7 Å². The average Bonchev–Trinajstić information content (AvgIpc) is 3.03.